The van der Waals surface area contributed by atoms with Gasteiger partial charge in [0.15, 0.2) is 0 Å². The number of carbonyl (C=O) groups excluding carboxylic acids is 1. The van der Waals surface area contributed by atoms with Crippen molar-refractivity contribution in [1.29, 1.82) is 0 Å². The highest BCUT2D eigenvalue weighted by Gasteiger charge is 2.27. The molecule has 0 bridgehead atoms. The molecule has 7 heteroatoms. The van der Waals surface area contributed by atoms with Crippen LogP contribution in [0.4, 0.5) is 4.39 Å². The molecule has 162 valence electrons. The number of benzene rings is 1. The number of rotatable bonds is 7. The average molecular weight is 433 g/mol. The molecule has 0 N–H and O–H groups in total. The van der Waals surface area contributed by atoms with Gasteiger partial charge in [0, 0.05) is 49.0 Å². The van der Waals surface area contributed by atoms with Crippen molar-refractivity contribution in [3.05, 3.63) is 57.4 Å². The number of halogens is 2. The van der Waals surface area contributed by atoms with Crippen LogP contribution < -0.4 is 0 Å². The summed E-state index contributed by atoms with van der Waals surface area (Å²) < 4.78 is 13.7. The van der Waals surface area contributed by atoms with E-state index >= 15 is 0 Å². The molecule has 1 aromatic carbocycles. The Morgan fingerprint density at radius 2 is 1.90 bits per heavy atom. The Hall–Kier alpha value is -2.05. The van der Waals surface area contributed by atoms with E-state index in [0.29, 0.717) is 26.1 Å². The summed E-state index contributed by atoms with van der Waals surface area (Å²) in [5.41, 5.74) is 3.62. The minimum Gasteiger partial charge on any atom is -0.343 e. The van der Waals surface area contributed by atoms with Gasteiger partial charge in [0.1, 0.15) is 11.6 Å². The lowest BCUT2D eigenvalue weighted by Crippen LogP contribution is -2.32. The first kappa shape index (κ1) is 22.6. The van der Waals surface area contributed by atoms with Crippen molar-refractivity contribution >= 4 is 17.5 Å². The van der Waals surface area contributed by atoms with Crippen LogP contribution >= 0.6 is 11.6 Å². The number of amides is 1. The summed E-state index contributed by atoms with van der Waals surface area (Å²) in [5, 5.41) is 0.150. The minimum absolute atomic E-state index is 0.116. The van der Waals surface area contributed by atoms with Crippen LogP contribution in [0.5, 0.6) is 0 Å². The molecule has 1 amide bonds. The second-order valence-corrected chi connectivity index (χ2v) is 8.35. The van der Waals surface area contributed by atoms with Crippen molar-refractivity contribution in [1.82, 2.24) is 19.8 Å². The second-order valence-electron chi connectivity index (χ2n) is 7.94. The van der Waals surface area contributed by atoms with Gasteiger partial charge in [0.25, 0.3) is 0 Å². The molecular formula is C23H30ClFN4O. The molecule has 2 heterocycles. The molecule has 5 nitrogen and oxygen atoms in total. The number of hydrogen-bond acceptors (Lipinski definition) is 4. The lowest BCUT2D eigenvalue weighted by atomic mass is 10.0. The number of likely N-dealkylation sites (N-methyl/N-ethyl adjacent to an activating group) is 1. The molecule has 1 aliphatic heterocycles. The van der Waals surface area contributed by atoms with Gasteiger partial charge in [-0.2, -0.15) is 0 Å². The summed E-state index contributed by atoms with van der Waals surface area (Å²) in [6.45, 7) is 11.8. The van der Waals surface area contributed by atoms with Gasteiger partial charge >= 0.3 is 0 Å². The van der Waals surface area contributed by atoms with E-state index in [1.807, 2.05) is 38.7 Å². The van der Waals surface area contributed by atoms with Crippen molar-refractivity contribution in [3.63, 3.8) is 0 Å². The topological polar surface area (TPSA) is 49.3 Å². The van der Waals surface area contributed by atoms with Crippen molar-refractivity contribution < 1.29 is 9.18 Å². The van der Waals surface area contributed by atoms with Crippen molar-refractivity contribution in [2.75, 3.05) is 26.2 Å². The van der Waals surface area contributed by atoms with Crippen LogP contribution in [0.3, 0.4) is 0 Å². The van der Waals surface area contributed by atoms with Crippen LogP contribution in [0.2, 0.25) is 5.02 Å². The highest BCUT2D eigenvalue weighted by molar-refractivity contribution is 6.30. The zero-order chi connectivity index (χ0) is 21.8. The lowest BCUT2D eigenvalue weighted by molar-refractivity contribution is -0.130. The molecule has 2 aromatic rings. The van der Waals surface area contributed by atoms with Gasteiger partial charge < -0.3 is 4.90 Å². The van der Waals surface area contributed by atoms with E-state index in [0.717, 1.165) is 47.8 Å². The molecule has 3 rings (SSSR count). The monoisotopic (exact) mass is 432 g/mol. The SMILES string of the molecule is CCN(CC)C(=O)Cc1c(C)nc([C@@H]2CCN(Cc3ccc(Cl)c(F)c3)C2)nc1C. The van der Waals surface area contributed by atoms with Crippen molar-refractivity contribution in [2.45, 2.75) is 53.0 Å². The van der Waals surface area contributed by atoms with Gasteiger partial charge in [-0.15, -0.1) is 0 Å². The molecule has 1 fully saturated rings. The zero-order valence-corrected chi connectivity index (χ0v) is 19.0. The summed E-state index contributed by atoms with van der Waals surface area (Å²) in [6.07, 6.45) is 1.31. The van der Waals surface area contributed by atoms with Gasteiger partial charge in [0.05, 0.1) is 11.4 Å². The van der Waals surface area contributed by atoms with E-state index in [2.05, 4.69) is 4.90 Å². The number of nitrogens with zero attached hydrogens (tertiary/aromatic N) is 4. The first-order valence-corrected chi connectivity index (χ1v) is 11.0. The summed E-state index contributed by atoms with van der Waals surface area (Å²) in [6, 6.07) is 4.97. The summed E-state index contributed by atoms with van der Waals surface area (Å²) in [7, 11) is 0. The number of carbonyl (C=O) groups is 1. The Bertz CT molecular complexity index is 893. The lowest BCUT2D eigenvalue weighted by Gasteiger charge is -2.20. The van der Waals surface area contributed by atoms with E-state index in [1.165, 1.54) is 6.07 Å². The quantitative estimate of drug-likeness (QED) is 0.655. The van der Waals surface area contributed by atoms with Crippen LogP contribution in [0.1, 0.15) is 54.5 Å². The van der Waals surface area contributed by atoms with Gasteiger partial charge in [-0.25, -0.2) is 14.4 Å². The molecule has 0 radical (unpaired) electrons. The average Bonchev–Trinajstić information content (AvgIpc) is 3.17. The molecule has 0 spiro atoms. The molecule has 0 unspecified atom stereocenters. The van der Waals surface area contributed by atoms with Gasteiger partial charge in [-0.05, 0) is 58.4 Å². The fourth-order valence-corrected chi connectivity index (χ4v) is 4.24. The number of aryl methyl sites for hydroxylation is 2. The molecular weight excluding hydrogens is 403 g/mol. The first-order chi connectivity index (χ1) is 14.3. The van der Waals surface area contributed by atoms with Gasteiger partial charge in [0.2, 0.25) is 5.91 Å². The minimum atomic E-state index is -0.380. The van der Waals surface area contributed by atoms with E-state index < -0.39 is 0 Å². The van der Waals surface area contributed by atoms with E-state index in [4.69, 9.17) is 21.6 Å². The third-order valence-electron chi connectivity index (χ3n) is 5.91. The van der Waals surface area contributed by atoms with Gasteiger partial charge in [-0.3, -0.25) is 9.69 Å². The summed E-state index contributed by atoms with van der Waals surface area (Å²) >= 11 is 5.78. The Kier molecular flexibility index (Phi) is 7.42. The maximum Gasteiger partial charge on any atom is 0.227 e. The second kappa shape index (κ2) is 9.84. The third-order valence-corrected chi connectivity index (χ3v) is 6.22. The Morgan fingerprint density at radius 1 is 1.23 bits per heavy atom. The summed E-state index contributed by atoms with van der Waals surface area (Å²) in [5.74, 6) is 0.819. The highest BCUT2D eigenvalue weighted by Crippen LogP contribution is 2.28. The fourth-order valence-electron chi connectivity index (χ4n) is 4.13. The van der Waals surface area contributed by atoms with E-state index in [1.54, 1.807) is 6.07 Å². The fraction of sp³-hybridized carbons (Fsp3) is 0.522. The molecule has 1 aromatic heterocycles. The summed E-state index contributed by atoms with van der Waals surface area (Å²) in [4.78, 5) is 26.2. The number of likely N-dealkylation sites (tertiary alicyclic amines) is 1. The Morgan fingerprint density at radius 3 is 2.50 bits per heavy atom. The predicted octanol–water partition coefficient (Wildman–Crippen LogP) is 4.29. The van der Waals surface area contributed by atoms with E-state index in [9.17, 15) is 9.18 Å². The molecule has 0 saturated carbocycles. The van der Waals surface area contributed by atoms with Gasteiger partial charge in [-0.1, -0.05) is 17.7 Å². The molecule has 0 aliphatic carbocycles. The standard InChI is InChI=1S/C23H30ClFN4O/c1-5-29(6-2)22(30)12-19-15(3)26-23(27-16(19)4)18-9-10-28(14-18)13-17-7-8-20(24)21(25)11-17/h7-8,11,18H,5-6,9-10,12-14H2,1-4H3/t18-/m1/s1. The first-order valence-electron chi connectivity index (χ1n) is 10.6. The maximum atomic E-state index is 13.7. The van der Waals surface area contributed by atoms with Crippen LogP contribution in [-0.4, -0.2) is 51.9 Å². The van der Waals surface area contributed by atoms with Crippen LogP contribution in [-0.2, 0) is 17.8 Å². The molecule has 1 saturated heterocycles. The van der Waals surface area contributed by atoms with E-state index in [-0.39, 0.29) is 22.7 Å². The Labute approximate surface area is 183 Å². The van der Waals surface area contributed by atoms with Crippen molar-refractivity contribution in [3.8, 4) is 0 Å². The number of hydrogen-bond donors (Lipinski definition) is 0. The predicted molar refractivity (Wildman–Crippen MR) is 117 cm³/mol. The maximum absolute atomic E-state index is 13.7. The largest absolute Gasteiger partial charge is 0.343 e. The number of aromatic nitrogens is 2. The highest BCUT2D eigenvalue weighted by atomic mass is 35.5. The molecule has 30 heavy (non-hydrogen) atoms. The van der Waals surface area contributed by atoms with Crippen LogP contribution in [0.15, 0.2) is 18.2 Å². The molecule has 1 atom stereocenters. The van der Waals surface area contributed by atoms with Crippen LogP contribution in [0, 0.1) is 19.7 Å². The van der Waals surface area contributed by atoms with Crippen molar-refractivity contribution in [2.24, 2.45) is 0 Å². The third kappa shape index (κ3) is 5.16. The smallest absolute Gasteiger partial charge is 0.227 e. The van der Waals surface area contributed by atoms with Crippen LogP contribution in [0.25, 0.3) is 0 Å². The Balaban J connectivity index is 1.68. The zero-order valence-electron chi connectivity index (χ0n) is 18.2. The molecule has 1 aliphatic rings. The normalized spacial score (nSPS) is 16.8.